The third-order valence-corrected chi connectivity index (χ3v) is 5.14. The molecule has 152 valence electrons. The highest BCUT2D eigenvalue weighted by atomic mass is 16.4. The van der Waals surface area contributed by atoms with E-state index in [1.807, 2.05) is 36.4 Å². The highest BCUT2D eigenvalue weighted by Crippen LogP contribution is 2.21. The summed E-state index contributed by atoms with van der Waals surface area (Å²) in [6, 6.07) is 25.4. The van der Waals surface area contributed by atoms with E-state index in [4.69, 9.17) is 10.4 Å². The summed E-state index contributed by atoms with van der Waals surface area (Å²) >= 11 is 0. The first-order valence-corrected chi connectivity index (χ1v) is 10.2. The quantitative estimate of drug-likeness (QED) is 0.500. The van der Waals surface area contributed by atoms with Crippen molar-refractivity contribution < 1.29 is 9.90 Å². The first-order chi connectivity index (χ1) is 14.6. The Morgan fingerprint density at radius 2 is 1.37 bits per heavy atom. The van der Waals surface area contributed by atoms with Crippen LogP contribution >= 0.6 is 0 Å². The van der Waals surface area contributed by atoms with E-state index in [0.29, 0.717) is 11.1 Å². The van der Waals surface area contributed by atoms with Gasteiger partial charge in [0.25, 0.3) is 0 Å². The second kappa shape index (κ2) is 10.4. The molecule has 4 nitrogen and oxygen atoms in total. The van der Waals surface area contributed by atoms with Crippen LogP contribution in [0.15, 0.2) is 72.8 Å². The van der Waals surface area contributed by atoms with Crippen molar-refractivity contribution >= 4 is 5.97 Å². The predicted octanol–water partition coefficient (Wildman–Crippen LogP) is 5.73. The molecule has 0 bridgehead atoms. The van der Waals surface area contributed by atoms with Crippen LogP contribution in [0.4, 0.5) is 0 Å². The maximum Gasteiger partial charge on any atom is 0.335 e. The first-order valence-electron chi connectivity index (χ1n) is 10.2. The van der Waals surface area contributed by atoms with Gasteiger partial charge in [-0.3, -0.25) is 4.90 Å². The monoisotopic (exact) mass is 398 g/mol. The molecule has 3 rings (SSSR count). The number of rotatable bonds is 9. The number of hydrogen-bond donors (Lipinski definition) is 1. The lowest BCUT2D eigenvalue weighted by Crippen LogP contribution is -2.24. The minimum absolute atomic E-state index is 0.296. The molecule has 0 aliphatic heterocycles. The fraction of sp³-hybridized carbons (Fsp3) is 0.231. The van der Waals surface area contributed by atoms with Crippen molar-refractivity contribution in [3.05, 3.63) is 95.1 Å². The van der Waals surface area contributed by atoms with Crippen LogP contribution in [0.3, 0.4) is 0 Å². The van der Waals surface area contributed by atoms with Crippen molar-refractivity contribution in [2.45, 2.75) is 32.9 Å². The lowest BCUT2D eigenvalue weighted by atomic mass is 10.0. The van der Waals surface area contributed by atoms with Crippen LogP contribution in [-0.2, 0) is 13.1 Å². The fourth-order valence-corrected chi connectivity index (χ4v) is 3.40. The van der Waals surface area contributed by atoms with Crippen LogP contribution < -0.4 is 0 Å². The van der Waals surface area contributed by atoms with Crippen LogP contribution in [0.2, 0.25) is 0 Å². The zero-order chi connectivity index (χ0) is 21.3. The number of carboxylic acids is 1. The summed E-state index contributed by atoms with van der Waals surface area (Å²) in [7, 11) is 0. The van der Waals surface area contributed by atoms with Gasteiger partial charge >= 0.3 is 5.97 Å². The molecular formula is C26H26N2O2. The third-order valence-electron chi connectivity index (χ3n) is 5.14. The predicted molar refractivity (Wildman–Crippen MR) is 119 cm³/mol. The molecule has 0 aromatic heterocycles. The Morgan fingerprint density at radius 1 is 0.867 bits per heavy atom. The molecule has 0 fully saturated rings. The van der Waals surface area contributed by atoms with E-state index in [1.54, 1.807) is 12.1 Å². The minimum Gasteiger partial charge on any atom is -0.478 e. The van der Waals surface area contributed by atoms with Gasteiger partial charge in [0.1, 0.15) is 0 Å². The number of unbranched alkanes of at least 4 members (excludes halogenated alkanes) is 1. The topological polar surface area (TPSA) is 64.3 Å². The van der Waals surface area contributed by atoms with E-state index < -0.39 is 5.97 Å². The van der Waals surface area contributed by atoms with Crippen molar-refractivity contribution in [2.75, 3.05) is 6.54 Å². The zero-order valence-corrected chi connectivity index (χ0v) is 17.2. The van der Waals surface area contributed by atoms with Gasteiger partial charge in [0.15, 0.2) is 0 Å². The molecule has 0 radical (unpaired) electrons. The maximum absolute atomic E-state index is 11.0. The Morgan fingerprint density at radius 3 is 1.83 bits per heavy atom. The number of benzene rings is 3. The SMILES string of the molecule is CCCCN(Cc1ccc(C#N)cc1)Cc1ccc(-c2ccc(C(=O)O)cc2)cc1. The van der Waals surface area contributed by atoms with E-state index in [1.165, 1.54) is 11.1 Å². The number of nitrogens with zero attached hydrogens (tertiary/aromatic N) is 2. The molecule has 30 heavy (non-hydrogen) atoms. The normalized spacial score (nSPS) is 10.7. The van der Waals surface area contributed by atoms with E-state index in [9.17, 15) is 4.79 Å². The summed E-state index contributed by atoms with van der Waals surface area (Å²) in [6.07, 6.45) is 2.29. The van der Waals surface area contributed by atoms with Crippen LogP contribution in [0.1, 0.15) is 46.8 Å². The minimum atomic E-state index is -0.911. The van der Waals surface area contributed by atoms with E-state index in [0.717, 1.165) is 43.6 Å². The van der Waals surface area contributed by atoms with Gasteiger partial charge < -0.3 is 5.11 Å². The molecule has 4 heteroatoms. The largest absolute Gasteiger partial charge is 0.478 e. The Labute approximate surface area is 178 Å². The number of hydrogen-bond acceptors (Lipinski definition) is 3. The summed E-state index contributed by atoms with van der Waals surface area (Å²) in [4.78, 5) is 13.4. The highest BCUT2D eigenvalue weighted by Gasteiger charge is 2.08. The molecular weight excluding hydrogens is 372 g/mol. The zero-order valence-electron chi connectivity index (χ0n) is 17.2. The smallest absolute Gasteiger partial charge is 0.335 e. The molecule has 0 aliphatic carbocycles. The lowest BCUT2D eigenvalue weighted by molar-refractivity contribution is 0.0697. The summed E-state index contributed by atoms with van der Waals surface area (Å²) in [5.41, 5.74) is 5.51. The number of carboxylic acid groups (broad SMARTS) is 1. The molecule has 3 aromatic rings. The van der Waals surface area contributed by atoms with Gasteiger partial charge in [0.2, 0.25) is 0 Å². The van der Waals surface area contributed by atoms with Gasteiger partial charge in [0.05, 0.1) is 17.2 Å². The van der Waals surface area contributed by atoms with Crippen molar-refractivity contribution in [2.24, 2.45) is 0 Å². The second-order valence-corrected chi connectivity index (χ2v) is 7.45. The molecule has 3 aromatic carbocycles. The fourth-order valence-electron chi connectivity index (χ4n) is 3.40. The molecule has 0 spiro atoms. The van der Waals surface area contributed by atoms with Gasteiger partial charge in [-0.1, -0.05) is 61.9 Å². The summed E-state index contributed by atoms with van der Waals surface area (Å²) in [5.74, 6) is -0.911. The highest BCUT2D eigenvalue weighted by molar-refractivity contribution is 5.88. The Kier molecular flexibility index (Phi) is 7.37. The molecule has 0 unspecified atom stereocenters. The maximum atomic E-state index is 11.0. The lowest BCUT2D eigenvalue weighted by Gasteiger charge is -2.22. The van der Waals surface area contributed by atoms with Crippen molar-refractivity contribution in [3.63, 3.8) is 0 Å². The summed E-state index contributed by atoms with van der Waals surface area (Å²) in [5, 5.41) is 18.0. The average Bonchev–Trinajstić information content (AvgIpc) is 2.78. The Bertz CT molecular complexity index is 1000. The van der Waals surface area contributed by atoms with Crippen molar-refractivity contribution in [1.82, 2.24) is 4.90 Å². The molecule has 0 amide bonds. The molecule has 0 aliphatic rings. The van der Waals surface area contributed by atoms with Crippen molar-refractivity contribution in [1.29, 1.82) is 5.26 Å². The standard InChI is InChI=1S/C26H26N2O2/c1-2-3-16-28(18-21-6-4-20(17-27)5-7-21)19-22-8-10-23(11-9-22)24-12-14-25(15-13-24)26(29)30/h4-15H,2-3,16,18-19H2,1H3,(H,29,30). The average molecular weight is 399 g/mol. The molecule has 0 heterocycles. The van der Waals surface area contributed by atoms with Crippen LogP contribution in [-0.4, -0.2) is 22.5 Å². The Hall–Kier alpha value is -3.42. The molecule has 0 atom stereocenters. The molecule has 1 N–H and O–H groups in total. The molecule has 0 saturated heterocycles. The van der Waals surface area contributed by atoms with E-state index in [2.05, 4.69) is 42.2 Å². The van der Waals surface area contributed by atoms with E-state index >= 15 is 0 Å². The van der Waals surface area contributed by atoms with Crippen LogP contribution in [0.5, 0.6) is 0 Å². The van der Waals surface area contributed by atoms with Gasteiger partial charge in [-0.25, -0.2) is 4.79 Å². The Balaban J connectivity index is 1.69. The van der Waals surface area contributed by atoms with Gasteiger partial charge in [-0.15, -0.1) is 0 Å². The number of nitriles is 1. The number of aromatic carboxylic acids is 1. The molecule has 0 saturated carbocycles. The van der Waals surface area contributed by atoms with Crippen LogP contribution in [0, 0.1) is 11.3 Å². The van der Waals surface area contributed by atoms with Gasteiger partial charge in [0, 0.05) is 13.1 Å². The van der Waals surface area contributed by atoms with E-state index in [-0.39, 0.29) is 0 Å². The summed E-state index contributed by atoms with van der Waals surface area (Å²) < 4.78 is 0. The second-order valence-electron chi connectivity index (χ2n) is 7.45. The van der Waals surface area contributed by atoms with Crippen LogP contribution in [0.25, 0.3) is 11.1 Å². The number of carbonyl (C=O) groups is 1. The third kappa shape index (κ3) is 5.79. The van der Waals surface area contributed by atoms with Gasteiger partial charge in [-0.05, 0) is 59.5 Å². The van der Waals surface area contributed by atoms with Crippen molar-refractivity contribution in [3.8, 4) is 17.2 Å². The first kappa shape index (κ1) is 21.3. The van der Waals surface area contributed by atoms with Gasteiger partial charge in [-0.2, -0.15) is 5.26 Å². The summed E-state index contributed by atoms with van der Waals surface area (Å²) in [6.45, 7) is 4.93.